The van der Waals surface area contributed by atoms with Crippen molar-refractivity contribution in [2.75, 3.05) is 20.1 Å². The van der Waals surface area contributed by atoms with E-state index in [0.717, 1.165) is 6.42 Å². The number of carbonyl (C=O) groups is 1. The second kappa shape index (κ2) is 7.11. The molecule has 2 fully saturated rings. The first-order valence-corrected chi connectivity index (χ1v) is 10.8. The fourth-order valence-electron chi connectivity index (χ4n) is 3.82. The summed E-state index contributed by atoms with van der Waals surface area (Å²) in [5.74, 6) is 0.355. The molecule has 1 aromatic carbocycles. The lowest BCUT2D eigenvalue weighted by molar-refractivity contribution is -0.132. The molecule has 26 heavy (non-hydrogen) atoms. The summed E-state index contributed by atoms with van der Waals surface area (Å²) in [6.45, 7) is 4.90. The summed E-state index contributed by atoms with van der Waals surface area (Å²) in [6, 6.07) is 6.04. The third-order valence-electron chi connectivity index (χ3n) is 5.88. The third-order valence-corrected chi connectivity index (χ3v) is 8.04. The summed E-state index contributed by atoms with van der Waals surface area (Å²) >= 11 is 5.86. The first-order chi connectivity index (χ1) is 12.2. The fraction of sp³-hybridized carbons (Fsp3) is 0.611. The van der Waals surface area contributed by atoms with Crippen molar-refractivity contribution >= 4 is 27.5 Å². The van der Waals surface area contributed by atoms with Crippen LogP contribution >= 0.6 is 11.6 Å². The Morgan fingerprint density at radius 1 is 1.27 bits per heavy atom. The highest BCUT2D eigenvalue weighted by Crippen LogP contribution is 2.35. The van der Waals surface area contributed by atoms with Gasteiger partial charge in [-0.2, -0.15) is 4.31 Å². The van der Waals surface area contributed by atoms with Gasteiger partial charge in [-0.3, -0.25) is 10.1 Å². The van der Waals surface area contributed by atoms with Crippen molar-refractivity contribution in [1.82, 2.24) is 14.5 Å². The Hall–Kier alpha value is -1.15. The molecule has 1 spiro atoms. The van der Waals surface area contributed by atoms with Crippen LogP contribution in [-0.4, -0.2) is 55.4 Å². The van der Waals surface area contributed by atoms with E-state index in [-0.39, 0.29) is 22.8 Å². The molecule has 0 aromatic heterocycles. The molecule has 2 atom stereocenters. The van der Waals surface area contributed by atoms with E-state index in [1.807, 2.05) is 7.05 Å². The van der Waals surface area contributed by atoms with Crippen molar-refractivity contribution in [2.45, 2.75) is 49.7 Å². The zero-order valence-corrected chi connectivity index (χ0v) is 17.0. The van der Waals surface area contributed by atoms with Gasteiger partial charge in [0.25, 0.3) is 0 Å². The molecule has 0 aliphatic carbocycles. The summed E-state index contributed by atoms with van der Waals surface area (Å²) < 4.78 is 27.2. The number of benzene rings is 1. The number of hydrogen-bond acceptors (Lipinski definition) is 4. The maximum absolute atomic E-state index is 12.8. The Morgan fingerprint density at radius 2 is 1.85 bits per heavy atom. The first kappa shape index (κ1) is 19.6. The Morgan fingerprint density at radius 3 is 2.38 bits per heavy atom. The van der Waals surface area contributed by atoms with E-state index >= 15 is 0 Å². The molecule has 2 aliphatic heterocycles. The average Bonchev–Trinajstić information content (AvgIpc) is 2.87. The molecule has 2 aliphatic rings. The largest absolute Gasteiger partial charge is 0.326 e. The van der Waals surface area contributed by atoms with E-state index in [2.05, 4.69) is 19.2 Å². The van der Waals surface area contributed by atoms with Crippen LogP contribution in [0.3, 0.4) is 0 Å². The molecule has 1 amide bonds. The number of nitrogens with zero attached hydrogens (tertiary/aromatic N) is 2. The Bertz CT molecular complexity index is 773. The van der Waals surface area contributed by atoms with Gasteiger partial charge in [0.2, 0.25) is 15.9 Å². The predicted molar refractivity (Wildman–Crippen MR) is 101 cm³/mol. The van der Waals surface area contributed by atoms with Crippen molar-refractivity contribution in [3.05, 3.63) is 29.3 Å². The lowest BCUT2D eigenvalue weighted by Crippen LogP contribution is -2.58. The molecular weight excluding hydrogens is 374 g/mol. The van der Waals surface area contributed by atoms with Crippen LogP contribution in [0.4, 0.5) is 0 Å². The minimum Gasteiger partial charge on any atom is -0.326 e. The topological polar surface area (TPSA) is 69.7 Å². The maximum atomic E-state index is 12.8. The van der Waals surface area contributed by atoms with Gasteiger partial charge in [-0.15, -0.1) is 0 Å². The van der Waals surface area contributed by atoms with Crippen LogP contribution < -0.4 is 5.32 Å². The minimum atomic E-state index is -3.55. The second-order valence-electron chi connectivity index (χ2n) is 7.29. The second-order valence-corrected chi connectivity index (χ2v) is 9.67. The van der Waals surface area contributed by atoms with E-state index in [1.54, 1.807) is 17.0 Å². The normalized spacial score (nSPS) is 25.0. The van der Waals surface area contributed by atoms with Crippen LogP contribution in [0, 0.1) is 5.92 Å². The molecule has 2 heterocycles. The molecule has 144 valence electrons. The number of nitrogens with one attached hydrogen (secondary N) is 1. The Balaban J connectivity index is 1.75. The molecular formula is C18H26ClN3O3S. The summed E-state index contributed by atoms with van der Waals surface area (Å²) in [5.41, 5.74) is -0.447. The minimum absolute atomic E-state index is 0.105. The number of carbonyl (C=O) groups excluding carboxylic acids is 1. The van der Waals surface area contributed by atoms with E-state index in [4.69, 9.17) is 11.6 Å². The van der Waals surface area contributed by atoms with Crippen molar-refractivity contribution in [1.29, 1.82) is 0 Å². The Kier molecular flexibility index (Phi) is 5.36. The van der Waals surface area contributed by atoms with E-state index in [9.17, 15) is 13.2 Å². The first-order valence-electron chi connectivity index (χ1n) is 9.02. The van der Waals surface area contributed by atoms with Crippen molar-refractivity contribution < 1.29 is 13.2 Å². The summed E-state index contributed by atoms with van der Waals surface area (Å²) in [6.07, 6.45) is 2.08. The van der Waals surface area contributed by atoms with Crippen LogP contribution in [0.5, 0.6) is 0 Å². The van der Waals surface area contributed by atoms with Crippen LogP contribution in [0.1, 0.15) is 33.1 Å². The Labute approximate surface area is 160 Å². The van der Waals surface area contributed by atoms with E-state index in [0.29, 0.717) is 31.0 Å². The lowest BCUT2D eigenvalue weighted by atomic mass is 9.96. The summed E-state index contributed by atoms with van der Waals surface area (Å²) in [4.78, 5) is 14.7. The van der Waals surface area contributed by atoms with Crippen molar-refractivity contribution in [3.8, 4) is 0 Å². The maximum Gasteiger partial charge on any atom is 0.243 e. The third kappa shape index (κ3) is 3.26. The van der Waals surface area contributed by atoms with Gasteiger partial charge in [-0.1, -0.05) is 31.9 Å². The van der Waals surface area contributed by atoms with Gasteiger partial charge < -0.3 is 4.90 Å². The average molecular weight is 400 g/mol. The highest BCUT2D eigenvalue weighted by atomic mass is 35.5. The van der Waals surface area contributed by atoms with Gasteiger partial charge >= 0.3 is 0 Å². The van der Waals surface area contributed by atoms with E-state index in [1.165, 1.54) is 16.4 Å². The molecule has 0 bridgehead atoms. The van der Waals surface area contributed by atoms with Crippen molar-refractivity contribution in [3.63, 3.8) is 0 Å². The molecule has 0 unspecified atom stereocenters. The molecule has 1 aromatic rings. The van der Waals surface area contributed by atoms with Gasteiger partial charge in [0, 0.05) is 25.2 Å². The quantitative estimate of drug-likeness (QED) is 0.843. The highest BCUT2D eigenvalue weighted by molar-refractivity contribution is 7.89. The summed E-state index contributed by atoms with van der Waals surface area (Å²) in [5, 5.41) is 4.02. The molecule has 2 saturated heterocycles. The monoisotopic (exact) mass is 399 g/mol. The molecule has 6 nitrogen and oxygen atoms in total. The number of hydrogen-bond donors (Lipinski definition) is 1. The number of sulfonamides is 1. The molecule has 1 N–H and O–H groups in total. The molecule has 3 rings (SSSR count). The van der Waals surface area contributed by atoms with Crippen LogP contribution in [-0.2, 0) is 14.8 Å². The van der Waals surface area contributed by atoms with Crippen molar-refractivity contribution in [2.24, 2.45) is 5.92 Å². The van der Waals surface area contributed by atoms with Crippen LogP contribution in [0.15, 0.2) is 29.2 Å². The lowest BCUT2D eigenvalue weighted by Gasteiger charge is -2.42. The molecule has 8 heteroatoms. The van der Waals surface area contributed by atoms with E-state index < -0.39 is 15.7 Å². The number of rotatable bonds is 4. The zero-order valence-electron chi connectivity index (χ0n) is 15.4. The van der Waals surface area contributed by atoms with Gasteiger partial charge in [0.15, 0.2) is 0 Å². The molecule has 0 radical (unpaired) electrons. The standard InChI is InChI=1S/C18H26ClN3O3S/c1-4-13(2)16-17(23)21(3)18(20-16)9-11-22(12-10-18)26(24,25)15-7-5-14(19)6-8-15/h5-8,13,16,20H,4,9-12H2,1-3H3/t13-,16+/m0/s1. The number of piperidine rings is 1. The molecule has 0 saturated carbocycles. The highest BCUT2D eigenvalue weighted by Gasteiger charge is 2.51. The van der Waals surface area contributed by atoms with Gasteiger partial charge in [0.1, 0.15) is 0 Å². The SMILES string of the molecule is CC[C@H](C)[C@H]1NC2(CCN(S(=O)(=O)c3ccc(Cl)cc3)CC2)N(C)C1=O. The predicted octanol–water partition coefficient (Wildman–Crippen LogP) is 2.30. The van der Waals surface area contributed by atoms with Crippen LogP contribution in [0.25, 0.3) is 0 Å². The zero-order chi connectivity index (χ0) is 19.1. The number of likely N-dealkylation sites (N-methyl/N-ethyl adjacent to an activating group) is 1. The van der Waals surface area contributed by atoms with Crippen LogP contribution in [0.2, 0.25) is 5.02 Å². The van der Waals surface area contributed by atoms with Gasteiger partial charge in [-0.05, 0) is 43.0 Å². The number of halogens is 1. The van der Waals surface area contributed by atoms with Gasteiger partial charge in [0.05, 0.1) is 16.6 Å². The number of amides is 1. The van der Waals surface area contributed by atoms with Gasteiger partial charge in [-0.25, -0.2) is 8.42 Å². The smallest absolute Gasteiger partial charge is 0.243 e. The fourth-order valence-corrected chi connectivity index (χ4v) is 5.39. The summed E-state index contributed by atoms with van der Waals surface area (Å²) in [7, 11) is -1.73.